The van der Waals surface area contributed by atoms with Gasteiger partial charge in [-0.2, -0.15) is 5.26 Å². The number of aromatic hydroxyl groups is 1. The van der Waals surface area contributed by atoms with Crippen molar-refractivity contribution in [3.63, 3.8) is 0 Å². The van der Waals surface area contributed by atoms with E-state index in [1.54, 1.807) is 24.3 Å². The van der Waals surface area contributed by atoms with E-state index < -0.39 is 5.97 Å². The van der Waals surface area contributed by atoms with Gasteiger partial charge >= 0.3 is 5.97 Å². The molecule has 0 heterocycles. The highest BCUT2D eigenvalue weighted by molar-refractivity contribution is 5.89. The summed E-state index contributed by atoms with van der Waals surface area (Å²) in [5, 5.41) is 28.9. The Morgan fingerprint density at radius 2 is 2.06 bits per heavy atom. The number of carbonyl (C=O) groups is 1. The lowest BCUT2D eigenvalue weighted by atomic mass is 9.98. The highest BCUT2D eigenvalue weighted by Crippen LogP contribution is 2.28. The molecular weight excluding hydrogens is 230 g/mol. The molecule has 0 aliphatic carbocycles. The average molecular weight is 241 g/mol. The van der Waals surface area contributed by atoms with Crippen molar-refractivity contribution in [1.29, 1.82) is 5.26 Å². The number of hydrogen-bond acceptors (Lipinski definition) is 3. The van der Waals surface area contributed by atoms with Crippen LogP contribution in [0.2, 0.25) is 0 Å². The molecule has 0 aliphatic rings. The third-order valence-corrected chi connectivity index (χ3v) is 2.82. The van der Waals surface area contributed by atoms with Crippen molar-refractivity contribution in [3.05, 3.63) is 41.5 Å². The van der Waals surface area contributed by atoms with Crippen LogP contribution >= 0.6 is 0 Å². The first kappa shape index (κ1) is 11.9. The molecule has 0 bridgehead atoms. The molecule has 4 nitrogen and oxygen atoms in total. The molecule has 0 saturated heterocycles. The SMILES string of the molecule is N#Cc1ccc2c(CCC(=O)O)c(O)ccc2c1. The Kier molecular flexibility index (Phi) is 3.16. The standard InChI is InChI=1S/C14H11NO3/c15-8-9-1-3-11-10(7-9)2-5-13(16)12(11)4-6-14(17)18/h1-3,5,7,16H,4,6H2,(H,17,18). The quantitative estimate of drug-likeness (QED) is 0.864. The Labute approximate surface area is 104 Å². The van der Waals surface area contributed by atoms with E-state index in [1.165, 1.54) is 6.07 Å². The molecule has 0 saturated carbocycles. The largest absolute Gasteiger partial charge is 0.508 e. The van der Waals surface area contributed by atoms with E-state index in [9.17, 15) is 9.90 Å². The minimum atomic E-state index is -0.903. The molecule has 2 aromatic rings. The fourth-order valence-corrected chi connectivity index (χ4v) is 1.95. The van der Waals surface area contributed by atoms with E-state index in [0.717, 1.165) is 10.8 Å². The normalized spacial score (nSPS) is 10.2. The van der Waals surface area contributed by atoms with Gasteiger partial charge in [-0.3, -0.25) is 4.79 Å². The van der Waals surface area contributed by atoms with E-state index >= 15 is 0 Å². The highest BCUT2D eigenvalue weighted by Gasteiger charge is 2.09. The maximum absolute atomic E-state index is 10.6. The summed E-state index contributed by atoms with van der Waals surface area (Å²) in [6.07, 6.45) is 0.233. The molecule has 0 aliphatic heterocycles. The fourth-order valence-electron chi connectivity index (χ4n) is 1.95. The van der Waals surface area contributed by atoms with E-state index in [0.29, 0.717) is 11.1 Å². The molecule has 2 N–H and O–H groups in total. The number of benzene rings is 2. The molecule has 90 valence electrons. The van der Waals surface area contributed by atoms with Gasteiger partial charge in [-0.25, -0.2) is 0 Å². The molecule has 0 spiro atoms. The topological polar surface area (TPSA) is 81.3 Å². The van der Waals surface area contributed by atoms with Gasteiger partial charge in [0.15, 0.2) is 0 Å². The number of rotatable bonds is 3. The van der Waals surface area contributed by atoms with Gasteiger partial charge in [-0.15, -0.1) is 0 Å². The van der Waals surface area contributed by atoms with Crippen LogP contribution in [0, 0.1) is 11.3 Å². The molecule has 0 amide bonds. The van der Waals surface area contributed by atoms with Gasteiger partial charge in [0.05, 0.1) is 11.6 Å². The van der Waals surface area contributed by atoms with Gasteiger partial charge in [0.1, 0.15) is 5.75 Å². The first-order chi connectivity index (χ1) is 8.61. The summed E-state index contributed by atoms with van der Waals surface area (Å²) < 4.78 is 0. The van der Waals surface area contributed by atoms with Gasteiger partial charge in [0.2, 0.25) is 0 Å². The van der Waals surface area contributed by atoms with Crippen LogP contribution in [0.1, 0.15) is 17.5 Å². The number of nitriles is 1. The molecule has 0 aromatic heterocycles. The fraction of sp³-hybridized carbons (Fsp3) is 0.143. The lowest BCUT2D eigenvalue weighted by Gasteiger charge is -2.08. The number of phenols is 1. The van der Waals surface area contributed by atoms with Crippen LogP contribution in [0.25, 0.3) is 10.8 Å². The number of fused-ring (bicyclic) bond motifs is 1. The summed E-state index contributed by atoms with van der Waals surface area (Å²) in [6.45, 7) is 0. The molecule has 18 heavy (non-hydrogen) atoms. The first-order valence-corrected chi connectivity index (χ1v) is 5.48. The molecule has 0 radical (unpaired) electrons. The smallest absolute Gasteiger partial charge is 0.303 e. The second kappa shape index (κ2) is 4.76. The Balaban J connectivity index is 2.53. The molecule has 0 unspecified atom stereocenters. The summed E-state index contributed by atoms with van der Waals surface area (Å²) in [5.74, 6) is -0.812. The van der Waals surface area contributed by atoms with Gasteiger partial charge < -0.3 is 10.2 Å². The lowest BCUT2D eigenvalue weighted by molar-refractivity contribution is -0.136. The zero-order valence-corrected chi connectivity index (χ0v) is 9.55. The van der Waals surface area contributed by atoms with E-state index in [4.69, 9.17) is 10.4 Å². The minimum absolute atomic E-state index is 0.0350. The average Bonchev–Trinajstić information content (AvgIpc) is 2.36. The van der Waals surface area contributed by atoms with E-state index in [2.05, 4.69) is 0 Å². The Morgan fingerprint density at radius 3 is 2.72 bits per heavy atom. The zero-order valence-electron chi connectivity index (χ0n) is 9.55. The van der Waals surface area contributed by atoms with Gasteiger partial charge in [-0.05, 0) is 35.4 Å². The van der Waals surface area contributed by atoms with Crippen molar-refractivity contribution < 1.29 is 15.0 Å². The van der Waals surface area contributed by atoms with Crippen LogP contribution in [0.5, 0.6) is 5.75 Å². The summed E-state index contributed by atoms with van der Waals surface area (Å²) >= 11 is 0. The Morgan fingerprint density at radius 1 is 1.28 bits per heavy atom. The molecule has 2 rings (SSSR count). The van der Waals surface area contributed by atoms with Crippen LogP contribution in [0.3, 0.4) is 0 Å². The Hall–Kier alpha value is -2.54. The maximum atomic E-state index is 10.6. The van der Waals surface area contributed by atoms with Gasteiger partial charge in [-0.1, -0.05) is 12.1 Å². The van der Waals surface area contributed by atoms with Crippen molar-refractivity contribution in [2.24, 2.45) is 0 Å². The second-order valence-electron chi connectivity index (χ2n) is 4.00. The molecule has 0 atom stereocenters. The third-order valence-electron chi connectivity index (χ3n) is 2.82. The van der Waals surface area contributed by atoms with Gasteiger partial charge in [0.25, 0.3) is 0 Å². The van der Waals surface area contributed by atoms with Crippen LogP contribution in [-0.2, 0) is 11.2 Å². The number of aliphatic carboxylic acids is 1. The molecule has 0 fully saturated rings. The number of carboxylic acid groups (broad SMARTS) is 1. The first-order valence-electron chi connectivity index (χ1n) is 5.48. The van der Waals surface area contributed by atoms with Crippen molar-refractivity contribution >= 4 is 16.7 Å². The zero-order chi connectivity index (χ0) is 13.1. The lowest BCUT2D eigenvalue weighted by Crippen LogP contribution is -1.98. The maximum Gasteiger partial charge on any atom is 0.303 e. The minimum Gasteiger partial charge on any atom is -0.508 e. The Bertz CT molecular complexity index is 656. The number of aryl methyl sites for hydroxylation is 1. The number of phenolic OH excluding ortho intramolecular Hbond substituents is 1. The monoisotopic (exact) mass is 241 g/mol. The van der Waals surface area contributed by atoms with E-state index in [-0.39, 0.29) is 18.6 Å². The van der Waals surface area contributed by atoms with Crippen molar-refractivity contribution in [2.75, 3.05) is 0 Å². The molecule has 2 aromatic carbocycles. The second-order valence-corrected chi connectivity index (χ2v) is 4.00. The molecular formula is C14H11NO3. The third kappa shape index (κ3) is 2.25. The number of hydrogen-bond donors (Lipinski definition) is 2. The summed E-state index contributed by atoms with van der Waals surface area (Å²) in [4.78, 5) is 10.6. The highest BCUT2D eigenvalue weighted by atomic mass is 16.4. The summed E-state index contributed by atoms with van der Waals surface area (Å²) in [6, 6.07) is 10.4. The van der Waals surface area contributed by atoms with Crippen LogP contribution in [-0.4, -0.2) is 16.2 Å². The predicted molar refractivity (Wildman–Crippen MR) is 66.3 cm³/mol. The summed E-state index contributed by atoms with van der Waals surface area (Å²) in [7, 11) is 0. The van der Waals surface area contributed by atoms with Crippen molar-refractivity contribution in [1.82, 2.24) is 0 Å². The summed E-state index contributed by atoms with van der Waals surface area (Å²) in [5.41, 5.74) is 1.15. The number of nitrogens with zero attached hydrogens (tertiary/aromatic N) is 1. The molecule has 4 heteroatoms. The van der Waals surface area contributed by atoms with Crippen molar-refractivity contribution in [2.45, 2.75) is 12.8 Å². The van der Waals surface area contributed by atoms with Gasteiger partial charge in [0, 0.05) is 12.0 Å². The number of carboxylic acids is 1. The van der Waals surface area contributed by atoms with Crippen LogP contribution in [0.4, 0.5) is 0 Å². The predicted octanol–water partition coefficient (Wildman–Crippen LogP) is 2.43. The van der Waals surface area contributed by atoms with E-state index in [1.807, 2.05) is 6.07 Å². The van der Waals surface area contributed by atoms with Crippen LogP contribution in [0.15, 0.2) is 30.3 Å². The van der Waals surface area contributed by atoms with Crippen LogP contribution < -0.4 is 0 Å². The van der Waals surface area contributed by atoms with Crippen molar-refractivity contribution in [3.8, 4) is 11.8 Å².